The van der Waals surface area contributed by atoms with Gasteiger partial charge < -0.3 is 40.3 Å². The number of aliphatic hydroxyl groups is 5. The van der Waals surface area contributed by atoms with Crippen molar-refractivity contribution in [3.8, 4) is 5.75 Å². The maximum absolute atomic E-state index is 13.4. The fourth-order valence-electron chi connectivity index (χ4n) is 4.17. The molecule has 5 atom stereocenters. The van der Waals surface area contributed by atoms with Crippen LogP contribution in [0.5, 0.6) is 5.75 Å². The van der Waals surface area contributed by atoms with Crippen LogP contribution in [0.25, 0.3) is 10.9 Å². The minimum Gasteiger partial charge on any atom is -0.497 e. The number of hydrogen-bond donors (Lipinski definition) is 6. The molecule has 2 heterocycles. The molecule has 36 heavy (non-hydrogen) atoms. The number of nitrogens with zero attached hydrogens (tertiary/aromatic N) is 2. The van der Waals surface area contributed by atoms with Crippen LogP contribution >= 0.6 is 23.2 Å². The highest BCUT2D eigenvalue weighted by Crippen LogP contribution is 2.31. The van der Waals surface area contributed by atoms with Crippen molar-refractivity contribution in [2.24, 2.45) is 0 Å². The first kappa shape index (κ1) is 26.6. The highest BCUT2D eigenvalue weighted by molar-refractivity contribution is 6.42. The van der Waals surface area contributed by atoms with Gasteiger partial charge in [-0.25, -0.2) is 0 Å². The minimum atomic E-state index is -2.19. The van der Waals surface area contributed by atoms with Crippen LogP contribution < -0.4 is 10.1 Å². The summed E-state index contributed by atoms with van der Waals surface area (Å²) in [6.45, 7) is -1.47. The Bertz CT molecular complexity index is 1270. The molecule has 1 amide bonds. The van der Waals surface area contributed by atoms with Crippen LogP contribution in [0, 0.1) is 0 Å². The number of aromatic nitrogens is 2. The highest BCUT2D eigenvalue weighted by Gasteiger charge is 2.56. The van der Waals surface area contributed by atoms with Gasteiger partial charge in [-0.15, -0.1) is 0 Å². The molecule has 1 unspecified atom stereocenters. The second-order valence-electron chi connectivity index (χ2n) is 8.44. The summed E-state index contributed by atoms with van der Waals surface area (Å²) in [5.74, 6) is -0.343. The standard InChI is InChI=1S/C23H25Cl2N3O8/c1-35-12-3-4-13-16(7-12)28(8-11-2-5-14(24)15(25)6-11)27-18(13)21(33)26-23(10-30)20(32)19(31)17(9-29)36-22(23)34/h2-7,17,19-20,22,29-32,34H,8-10H2,1H3,(H,26,33)/t17-,19-,20+,22?,23-/m1/s1. The van der Waals surface area contributed by atoms with Gasteiger partial charge in [0.25, 0.3) is 5.91 Å². The lowest BCUT2D eigenvalue weighted by Gasteiger charge is -2.48. The molecule has 0 saturated carbocycles. The van der Waals surface area contributed by atoms with Gasteiger partial charge in [0.2, 0.25) is 0 Å². The summed E-state index contributed by atoms with van der Waals surface area (Å²) < 4.78 is 12.0. The third-order valence-corrected chi connectivity index (χ3v) is 6.99. The van der Waals surface area contributed by atoms with E-state index in [0.717, 1.165) is 5.56 Å². The topological polar surface area (TPSA) is 167 Å². The Morgan fingerprint density at radius 3 is 2.56 bits per heavy atom. The smallest absolute Gasteiger partial charge is 0.273 e. The molecule has 1 aromatic heterocycles. The van der Waals surface area contributed by atoms with Gasteiger partial charge in [0, 0.05) is 11.5 Å². The number of fused-ring (bicyclic) bond motifs is 1. The van der Waals surface area contributed by atoms with Crippen LogP contribution in [0.1, 0.15) is 16.1 Å². The molecule has 6 N–H and O–H groups in total. The largest absolute Gasteiger partial charge is 0.497 e. The summed E-state index contributed by atoms with van der Waals surface area (Å²) in [5, 5.41) is 58.7. The number of rotatable bonds is 7. The molecule has 3 aromatic rings. The van der Waals surface area contributed by atoms with E-state index >= 15 is 0 Å². The second-order valence-corrected chi connectivity index (χ2v) is 9.25. The van der Waals surface area contributed by atoms with Gasteiger partial charge in [0.15, 0.2) is 12.0 Å². The van der Waals surface area contributed by atoms with E-state index in [2.05, 4.69) is 10.4 Å². The van der Waals surface area contributed by atoms with Gasteiger partial charge in [-0.1, -0.05) is 29.3 Å². The minimum absolute atomic E-state index is 0.0845. The Kier molecular flexibility index (Phi) is 7.74. The molecule has 0 bridgehead atoms. The lowest BCUT2D eigenvalue weighted by Crippen LogP contribution is -2.75. The molecule has 13 heteroatoms. The van der Waals surface area contributed by atoms with Crippen molar-refractivity contribution in [2.75, 3.05) is 20.3 Å². The van der Waals surface area contributed by atoms with Gasteiger partial charge in [-0.3, -0.25) is 9.48 Å². The molecule has 2 aromatic carbocycles. The van der Waals surface area contributed by atoms with Gasteiger partial charge in [-0.2, -0.15) is 5.10 Å². The molecule has 0 aliphatic carbocycles. The van der Waals surface area contributed by atoms with Crippen molar-refractivity contribution in [2.45, 2.75) is 36.7 Å². The third kappa shape index (κ3) is 4.64. The van der Waals surface area contributed by atoms with E-state index in [4.69, 9.17) is 32.7 Å². The Morgan fingerprint density at radius 1 is 1.17 bits per heavy atom. The van der Waals surface area contributed by atoms with Crippen molar-refractivity contribution in [3.63, 3.8) is 0 Å². The Balaban J connectivity index is 1.73. The van der Waals surface area contributed by atoms with Crippen LogP contribution in [0.15, 0.2) is 36.4 Å². The highest BCUT2D eigenvalue weighted by atomic mass is 35.5. The van der Waals surface area contributed by atoms with Gasteiger partial charge in [0.05, 0.1) is 42.4 Å². The van der Waals surface area contributed by atoms with Crippen LogP contribution in [0.2, 0.25) is 10.0 Å². The predicted octanol–water partition coefficient (Wildman–Crippen LogP) is 0.292. The van der Waals surface area contributed by atoms with Gasteiger partial charge in [0.1, 0.15) is 29.6 Å². The molecule has 11 nitrogen and oxygen atoms in total. The van der Waals surface area contributed by atoms with Crippen LogP contribution in [0.3, 0.4) is 0 Å². The normalized spacial score (nSPS) is 26.2. The molecular formula is C23H25Cl2N3O8. The molecule has 0 radical (unpaired) electrons. The predicted molar refractivity (Wildman–Crippen MR) is 129 cm³/mol. The van der Waals surface area contributed by atoms with Crippen LogP contribution in [-0.2, 0) is 11.3 Å². The Hall–Kier alpha value is -2.48. The number of methoxy groups -OCH3 is 1. The monoisotopic (exact) mass is 541 g/mol. The summed E-state index contributed by atoms with van der Waals surface area (Å²) >= 11 is 12.1. The van der Waals surface area contributed by atoms with Gasteiger partial charge in [-0.05, 0) is 29.8 Å². The molecule has 1 aliphatic heterocycles. The SMILES string of the molecule is COc1ccc2c(C(=O)N[C@@]3(CO)C(O)O[C@H](CO)[C@@H](O)[C@@H]3O)nn(Cc3ccc(Cl)c(Cl)c3)c2c1. The number of benzene rings is 2. The zero-order valence-corrected chi connectivity index (χ0v) is 20.5. The number of hydrogen-bond acceptors (Lipinski definition) is 9. The van der Waals surface area contributed by atoms with E-state index in [1.54, 1.807) is 41.1 Å². The first-order chi connectivity index (χ1) is 17.1. The number of halogens is 2. The van der Waals surface area contributed by atoms with Crippen LogP contribution in [-0.4, -0.2) is 91.7 Å². The second kappa shape index (κ2) is 10.5. The van der Waals surface area contributed by atoms with E-state index in [1.807, 2.05) is 0 Å². The lowest BCUT2D eigenvalue weighted by molar-refractivity contribution is -0.288. The molecular weight excluding hydrogens is 517 g/mol. The molecule has 1 fully saturated rings. The van der Waals surface area contributed by atoms with Crippen LogP contribution in [0.4, 0.5) is 0 Å². The van der Waals surface area contributed by atoms with Crippen molar-refractivity contribution < 1.29 is 39.8 Å². The number of carbonyl (C=O) groups is 1. The Morgan fingerprint density at radius 2 is 1.92 bits per heavy atom. The summed E-state index contributed by atoms with van der Waals surface area (Å²) in [7, 11) is 1.50. The number of aliphatic hydroxyl groups excluding tert-OH is 5. The van der Waals surface area contributed by atoms with E-state index < -0.39 is 49.3 Å². The zero-order valence-electron chi connectivity index (χ0n) is 19.0. The summed E-state index contributed by atoms with van der Waals surface area (Å²) in [6, 6.07) is 10.0. The van der Waals surface area contributed by atoms with E-state index in [1.165, 1.54) is 7.11 Å². The van der Waals surface area contributed by atoms with Crippen molar-refractivity contribution in [1.82, 2.24) is 15.1 Å². The number of nitrogens with one attached hydrogen (secondary N) is 1. The zero-order chi connectivity index (χ0) is 26.2. The average molecular weight is 542 g/mol. The number of ether oxygens (including phenoxy) is 2. The third-order valence-electron chi connectivity index (χ3n) is 6.25. The van der Waals surface area contributed by atoms with Crippen molar-refractivity contribution in [1.29, 1.82) is 0 Å². The fourth-order valence-corrected chi connectivity index (χ4v) is 4.49. The summed E-state index contributed by atoms with van der Waals surface area (Å²) in [5.41, 5.74) is -0.988. The van der Waals surface area contributed by atoms with Gasteiger partial charge >= 0.3 is 0 Å². The van der Waals surface area contributed by atoms with E-state index in [9.17, 15) is 30.3 Å². The molecule has 0 spiro atoms. The lowest BCUT2D eigenvalue weighted by atomic mass is 9.83. The number of amides is 1. The molecule has 1 aliphatic rings. The molecule has 4 rings (SSSR count). The van der Waals surface area contributed by atoms with Crippen molar-refractivity contribution in [3.05, 3.63) is 57.7 Å². The number of carbonyl (C=O) groups excluding carboxylic acids is 1. The van der Waals surface area contributed by atoms with Crippen molar-refractivity contribution >= 4 is 40.0 Å². The molecule has 1 saturated heterocycles. The summed E-state index contributed by atoms with van der Waals surface area (Å²) in [6.07, 6.45) is -6.81. The molecule has 194 valence electrons. The van der Waals surface area contributed by atoms with E-state index in [-0.39, 0.29) is 12.2 Å². The maximum atomic E-state index is 13.4. The Labute approximate surface area is 215 Å². The first-order valence-electron chi connectivity index (χ1n) is 10.9. The average Bonchev–Trinajstić information content (AvgIpc) is 3.23. The first-order valence-corrected chi connectivity index (χ1v) is 11.6. The fraction of sp³-hybridized carbons (Fsp3) is 0.391. The maximum Gasteiger partial charge on any atom is 0.273 e. The summed E-state index contributed by atoms with van der Waals surface area (Å²) in [4.78, 5) is 13.4. The quantitative estimate of drug-likeness (QED) is 0.246. The van der Waals surface area contributed by atoms with E-state index in [0.29, 0.717) is 26.7 Å².